The molecule has 2 saturated heterocycles. The van der Waals surface area contributed by atoms with E-state index >= 15 is 0 Å². The molecule has 0 radical (unpaired) electrons. The number of carbonyl (C=O) groups is 4. The van der Waals surface area contributed by atoms with E-state index in [1.165, 1.54) is 67.6 Å². The first-order chi connectivity index (χ1) is 37.0. The second kappa shape index (κ2) is 27.6. The van der Waals surface area contributed by atoms with Gasteiger partial charge in [-0.25, -0.2) is 14.6 Å². The normalized spacial score (nSPS) is 16.4. The van der Waals surface area contributed by atoms with Crippen LogP contribution in [-0.2, 0) is 13.6 Å². The lowest BCUT2D eigenvalue weighted by Gasteiger charge is -2.38. The average Bonchev–Trinajstić information content (AvgIpc) is 4.00. The summed E-state index contributed by atoms with van der Waals surface area (Å²) in [6.07, 6.45) is 2.14. The largest absolute Gasteiger partial charge is 0.493 e. The predicted octanol–water partition coefficient (Wildman–Crippen LogP) is 12.7. The Bertz CT molecular complexity index is 2720. The van der Waals surface area contributed by atoms with Gasteiger partial charge in [-0.05, 0) is 104 Å². The number of ether oxygens (including phenoxy) is 5. The van der Waals surface area contributed by atoms with Crippen LogP contribution in [-0.4, -0.2) is 143 Å². The molecular formula is C55H80N6O14S2Si2. The number of methoxy groups -OCH3 is 2. The molecule has 3 atom stereocenters. The van der Waals surface area contributed by atoms with Crippen LogP contribution < -0.4 is 29.6 Å². The highest BCUT2D eigenvalue weighted by Gasteiger charge is 2.42. The fourth-order valence-corrected chi connectivity index (χ4v) is 12.2. The number of rotatable bonds is 26. The summed E-state index contributed by atoms with van der Waals surface area (Å²) in [6, 6.07) is 8.30. The maximum absolute atomic E-state index is 14.7. The molecule has 2 aromatic carbocycles. The third-order valence-corrected chi connectivity index (χ3v) is 26.4. The number of likely N-dealkylation sites (tertiary alicyclic amines) is 2. The third kappa shape index (κ3) is 17.4. The van der Waals surface area contributed by atoms with Crippen molar-refractivity contribution >= 4 is 79.3 Å². The minimum absolute atomic E-state index is 0.0281. The summed E-state index contributed by atoms with van der Waals surface area (Å²) in [5.41, 5.74) is 2.03. The number of carbonyl (C=O) groups excluding carboxylic acids is 3. The van der Waals surface area contributed by atoms with E-state index in [4.69, 9.17) is 32.5 Å². The Morgan fingerprint density at radius 1 is 0.785 bits per heavy atom. The lowest BCUT2D eigenvalue weighted by Crippen LogP contribution is -2.46. The molecule has 3 aromatic rings. The monoisotopic (exact) mass is 1170 g/mol. The average molecular weight is 1170 g/mol. The molecule has 0 saturated carbocycles. The van der Waals surface area contributed by atoms with Crippen LogP contribution in [0.5, 0.6) is 23.0 Å². The van der Waals surface area contributed by atoms with Crippen LogP contribution in [0.1, 0.15) is 101 Å². The van der Waals surface area contributed by atoms with Gasteiger partial charge in [-0.1, -0.05) is 76.6 Å². The van der Waals surface area contributed by atoms with Crippen molar-refractivity contribution in [1.29, 1.82) is 0 Å². The number of unbranched alkanes of at least 4 members (excludes halogenated alkanes) is 2. The van der Waals surface area contributed by atoms with E-state index in [0.717, 1.165) is 21.9 Å². The number of nitro groups is 1. The number of aromatic nitrogens is 1. The first-order valence-corrected chi connectivity index (χ1v) is 34.3. The van der Waals surface area contributed by atoms with E-state index in [1.807, 2.05) is 0 Å². The molecule has 20 nitrogen and oxygen atoms in total. The Balaban J connectivity index is 1.27. The first-order valence-electron chi connectivity index (χ1n) is 26.3. The van der Waals surface area contributed by atoms with Gasteiger partial charge in [0.15, 0.2) is 44.7 Å². The second-order valence-corrected chi connectivity index (χ2v) is 35.1. The van der Waals surface area contributed by atoms with Crippen molar-refractivity contribution in [2.45, 2.75) is 139 Å². The summed E-state index contributed by atoms with van der Waals surface area (Å²) in [5.74, 6) is 0.252. The zero-order valence-electron chi connectivity index (χ0n) is 48.0. The van der Waals surface area contributed by atoms with E-state index in [-0.39, 0.29) is 115 Å². The summed E-state index contributed by atoms with van der Waals surface area (Å²) in [6.45, 7) is 33.3. The molecule has 3 heterocycles. The van der Waals surface area contributed by atoms with Crippen LogP contribution in [0.2, 0.25) is 36.3 Å². The van der Waals surface area contributed by atoms with Gasteiger partial charge in [0.1, 0.15) is 6.61 Å². The molecule has 0 spiro atoms. The van der Waals surface area contributed by atoms with E-state index in [1.54, 1.807) is 16.7 Å². The van der Waals surface area contributed by atoms with Crippen LogP contribution in [0.3, 0.4) is 0 Å². The van der Waals surface area contributed by atoms with Gasteiger partial charge in [0.05, 0.1) is 80.2 Å². The quantitative estimate of drug-likeness (QED) is 0.0169. The van der Waals surface area contributed by atoms with Gasteiger partial charge in [-0.15, -0.1) is 0 Å². The van der Waals surface area contributed by atoms with Crippen molar-refractivity contribution in [1.82, 2.24) is 14.8 Å². The lowest BCUT2D eigenvalue weighted by atomic mass is 10.1. The number of nitrogens with one attached hydrogen (secondary N) is 2. The molecule has 0 bridgehead atoms. The number of nitrogens with zero attached hydrogens (tertiary/aromatic N) is 4. The van der Waals surface area contributed by atoms with Gasteiger partial charge in [-0.3, -0.25) is 30.3 Å². The van der Waals surface area contributed by atoms with Crippen LogP contribution in [0, 0.1) is 10.1 Å². The van der Waals surface area contributed by atoms with Crippen molar-refractivity contribution < 1.29 is 61.7 Å². The maximum Gasteiger partial charge on any atom is 0.411 e. The van der Waals surface area contributed by atoms with Gasteiger partial charge < -0.3 is 47.4 Å². The van der Waals surface area contributed by atoms with E-state index in [0.29, 0.717) is 58.4 Å². The maximum atomic E-state index is 14.7. The molecular weight excluding hydrogens is 1090 g/mol. The third-order valence-electron chi connectivity index (χ3n) is 14.7. The number of anilines is 2. The smallest absolute Gasteiger partial charge is 0.411 e. The zero-order chi connectivity index (χ0) is 58.6. The minimum Gasteiger partial charge on any atom is -0.493 e. The molecule has 2 aliphatic rings. The summed E-state index contributed by atoms with van der Waals surface area (Å²) in [4.78, 5) is 73.0. The standard InChI is InChI=1S/C55H80N6O14S2Si2/c1-35-24-38(33-74-78(12,13)54(4,5)6)59(30-35)50(62)40-26-45(69-10)47(28-42(40)57-52(64)65)71-22-17-16-18-23-72-48-29-43(58-53(66)73-32-37(3)76-77-49-44(61(67)68)20-19-21-56-49)41(27-46(48)70-11)51(63)60-31-36(2)25-39(60)34-75-79(14,15)55(7,8)9/h19-21,26-29,37-39,57H,1-2,16-18,22-25,30-34H2,3-15H3,(H,58,66)(H,64,65)/t37-,38+,39+/m1/s1. The molecule has 0 unspecified atom stereocenters. The Kier molecular flexibility index (Phi) is 22.4. The summed E-state index contributed by atoms with van der Waals surface area (Å²) in [5, 5.41) is 26.3. The van der Waals surface area contributed by atoms with Crippen molar-refractivity contribution in [3.05, 3.63) is 88.1 Å². The lowest BCUT2D eigenvalue weighted by molar-refractivity contribution is -0.388. The molecule has 434 valence electrons. The molecule has 1 aromatic heterocycles. The van der Waals surface area contributed by atoms with Crippen LogP contribution in [0.15, 0.2) is 71.9 Å². The molecule has 4 amide bonds. The highest BCUT2D eigenvalue weighted by atomic mass is 33.1. The van der Waals surface area contributed by atoms with Crippen molar-refractivity contribution in [2.24, 2.45) is 0 Å². The van der Waals surface area contributed by atoms with E-state index in [9.17, 15) is 34.4 Å². The zero-order valence-corrected chi connectivity index (χ0v) is 51.7. The minimum atomic E-state index is -2.18. The summed E-state index contributed by atoms with van der Waals surface area (Å²) < 4.78 is 42.5. The molecule has 2 fully saturated rings. The van der Waals surface area contributed by atoms with Crippen molar-refractivity contribution in [3.63, 3.8) is 0 Å². The SMILES string of the molecule is C=C1C[C@@H](CO[Si](C)(C)C(C)(C)C)N(C(=O)c2cc(OC)c(OCCCCCOc3cc(NC(=O)OC[C@@H](C)SSc4ncccc4[N+](=O)[O-])c(C(=O)N4CC(=C)C[C@H]4CO[Si](C)(C)C(C)(C)C)cc3OC)cc2NC(=O)O)C1. The highest BCUT2D eigenvalue weighted by Crippen LogP contribution is 2.42. The Hall–Kier alpha value is -5.80. The van der Waals surface area contributed by atoms with Crippen molar-refractivity contribution in [2.75, 3.05) is 71.0 Å². The first kappa shape index (κ1) is 64.0. The molecule has 79 heavy (non-hydrogen) atoms. The highest BCUT2D eigenvalue weighted by molar-refractivity contribution is 8.77. The number of amides is 4. The van der Waals surface area contributed by atoms with Gasteiger partial charge in [0.2, 0.25) is 0 Å². The fourth-order valence-electron chi connectivity index (χ4n) is 8.05. The van der Waals surface area contributed by atoms with Crippen LogP contribution >= 0.6 is 21.6 Å². The van der Waals surface area contributed by atoms with Crippen LogP contribution in [0.25, 0.3) is 0 Å². The Labute approximate surface area is 474 Å². The van der Waals surface area contributed by atoms with Gasteiger partial charge in [-0.2, -0.15) is 0 Å². The van der Waals surface area contributed by atoms with E-state index in [2.05, 4.69) is 96.5 Å². The second-order valence-electron chi connectivity index (χ2n) is 22.8. The van der Waals surface area contributed by atoms with E-state index < -0.39 is 33.7 Å². The Morgan fingerprint density at radius 2 is 1.25 bits per heavy atom. The molecule has 0 aliphatic carbocycles. The number of hydrogen-bond donors (Lipinski definition) is 3. The topological polar surface area (TPSA) is 240 Å². The Morgan fingerprint density at radius 3 is 1.68 bits per heavy atom. The number of pyridine rings is 1. The molecule has 3 N–H and O–H groups in total. The molecule has 5 rings (SSSR count). The fraction of sp³-hybridized carbons (Fsp3) is 0.545. The van der Waals surface area contributed by atoms with Crippen molar-refractivity contribution in [3.8, 4) is 23.0 Å². The molecule has 24 heteroatoms. The molecule has 2 aliphatic heterocycles. The number of carboxylic acid groups (broad SMARTS) is 1. The predicted molar refractivity (Wildman–Crippen MR) is 315 cm³/mol. The summed E-state index contributed by atoms with van der Waals surface area (Å²) >= 11 is 0. The summed E-state index contributed by atoms with van der Waals surface area (Å²) in [7, 11) is 0.946. The van der Waals surface area contributed by atoms with Crippen LogP contribution in [0.4, 0.5) is 26.7 Å². The van der Waals surface area contributed by atoms with Gasteiger partial charge in [0.25, 0.3) is 11.8 Å². The van der Waals surface area contributed by atoms with Gasteiger partial charge in [0, 0.05) is 42.7 Å². The van der Waals surface area contributed by atoms with Gasteiger partial charge >= 0.3 is 17.9 Å². The number of benzene rings is 2. The number of hydrogen-bond acceptors (Lipinski definition) is 16.